The molecule has 0 saturated carbocycles. The number of carbonyl (C=O) groups is 1. The van der Waals surface area contributed by atoms with E-state index >= 15 is 0 Å². The van der Waals surface area contributed by atoms with Gasteiger partial charge in [-0.15, -0.1) is 0 Å². The van der Waals surface area contributed by atoms with E-state index in [1.54, 1.807) is 38.1 Å². The van der Waals surface area contributed by atoms with Crippen LogP contribution in [0.1, 0.15) is 40.7 Å². The topological polar surface area (TPSA) is 87.5 Å². The second kappa shape index (κ2) is 8.36. The maximum Gasteiger partial charge on any atom is 0.324 e. The molecule has 7 heteroatoms. The molecule has 0 aromatic heterocycles. The van der Waals surface area contributed by atoms with Gasteiger partial charge in [0.15, 0.2) is 0 Å². The van der Waals surface area contributed by atoms with E-state index in [0.29, 0.717) is 36.1 Å². The van der Waals surface area contributed by atoms with Gasteiger partial charge >= 0.3 is 5.97 Å². The number of nitriles is 1. The fourth-order valence-electron chi connectivity index (χ4n) is 3.88. The zero-order chi connectivity index (χ0) is 21.2. The molecule has 1 unspecified atom stereocenters. The predicted molar refractivity (Wildman–Crippen MR) is 109 cm³/mol. The summed E-state index contributed by atoms with van der Waals surface area (Å²) in [6.45, 7) is 5.82. The van der Waals surface area contributed by atoms with E-state index in [4.69, 9.17) is 10.00 Å². The van der Waals surface area contributed by atoms with Crippen molar-refractivity contribution in [3.8, 4) is 6.07 Å². The van der Waals surface area contributed by atoms with Crippen LogP contribution < -0.4 is 0 Å². The van der Waals surface area contributed by atoms with E-state index in [0.717, 1.165) is 11.1 Å². The van der Waals surface area contributed by atoms with Gasteiger partial charge < -0.3 is 4.74 Å². The lowest BCUT2D eigenvalue weighted by Gasteiger charge is -2.24. The average Bonchev–Trinajstić information content (AvgIpc) is 3.16. The molecule has 1 atom stereocenters. The second-order valence-electron chi connectivity index (χ2n) is 7.42. The molecular weight excluding hydrogens is 388 g/mol. The molecule has 2 aromatic rings. The molecule has 6 nitrogen and oxygen atoms in total. The lowest BCUT2D eigenvalue weighted by Crippen LogP contribution is -2.41. The summed E-state index contributed by atoms with van der Waals surface area (Å²) < 4.78 is 33.3. The number of benzene rings is 2. The van der Waals surface area contributed by atoms with Crippen molar-refractivity contribution in [1.82, 2.24) is 4.31 Å². The first-order valence-electron chi connectivity index (χ1n) is 9.49. The third kappa shape index (κ3) is 4.34. The summed E-state index contributed by atoms with van der Waals surface area (Å²) in [6, 6.07) is 11.6. The highest BCUT2D eigenvalue weighted by atomic mass is 32.2. The lowest BCUT2D eigenvalue weighted by molar-refractivity contribution is -0.148. The first kappa shape index (κ1) is 21.0. The van der Waals surface area contributed by atoms with Crippen LogP contribution in [0.4, 0.5) is 0 Å². The Morgan fingerprint density at radius 3 is 2.38 bits per heavy atom. The second-order valence-corrected chi connectivity index (χ2v) is 9.25. The smallest absolute Gasteiger partial charge is 0.324 e. The summed E-state index contributed by atoms with van der Waals surface area (Å²) in [5.41, 5.74) is 3.63. The van der Waals surface area contributed by atoms with E-state index in [1.807, 2.05) is 25.1 Å². The Morgan fingerprint density at radius 2 is 1.79 bits per heavy atom. The molecule has 1 aliphatic rings. The number of carbonyl (C=O) groups excluding carboxylic acids is 1. The maximum atomic E-state index is 13.3. The summed E-state index contributed by atoms with van der Waals surface area (Å²) in [7, 11) is -3.81. The molecule has 152 valence electrons. The number of sulfonamides is 1. The number of rotatable bonds is 5. The molecule has 0 N–H and O–H groups in total. The lowest BCUT2D eigenvalue weighted by atomic mass is 10.1. The Labute approximate surface area is 171 Å². The SMILES string of the molecule is Cc1cc(C)c(S(=O)(=O)N2CCCC2C(=O)OCc2ccc(C#N)cc2)c(C)c1. The summed E-state index contributed by atoms with van der Waals surface area (Å²) >= 11 is 0. The van der Waals surface area contributed by atoms with Crippen LogP contribution in [0.25, 0.3) is 0 Å². The number of ether oxygens (including phenoxy) is 1. The summed E-state index contributed by atoms with van der Waals surface area (Å²) in [4.78, 5) is 12.9. The molecule has 1 fully saturated rings. The van der Waals surface area contributed by atoms with E-state index < -0.39 is 22.0 Å². The van der Waals surface area contributed by atoms with Crippen LogP contribution in [0.15, 0.2) is 41.3 Å². The van der Waals surface area contributed by atoms with Gasteiger partial charge in [0.1, 0.15) is 12.6 Å². The van der Waals surface area contributed by atoms with E-state index in [-0.39, 0.29) is 11.5 Å². The van der Waals surface area contributed by atoms with E-state index in [2.05, 4.69) is 0 Å². The summed E-state index contributed by atoms with van der Waals surface area (Å²) in [5, 5.41) is 8.85. The van der Waals surface area contributed by atoms with Crippen molar-refractivity contribution >= 4 is 16.0 Å². The minimum Gasteiger partial charge on any atom is -0.460 e. The van der Waals surface area contributed by atoms with Crippen molar-refractivity contribution in [2.24, 2.45) is 0 Å². The first-order valence-corrected chi connectivity index (χ1v) is 10.9. The van der Waals surface area contributed by atoms with Crippen LogP contribution in [0.5, 0.6) is 0 Å². The molecule has 1 aliphatic heterocycles. The molecule has 0 amide bonds. The van der Waals surface area contributed by atoms with Gasteiger partial charge in [-0.2, -0.15) is 9.57 Å². The monoisotopic (exact) mass is 412 g/mol. The molecule has 0 aliphatic carbocycles. The highest BCUT2D eigenvalue weighted by Gasteiger charge is 2.41. The van der Waals surface area contributed by atoms with Crippen molar-refractivity contribution in [1.29, 1.82) is 5.26 Å². The first-order chi connectivity index (χ1) is 13.7. The molecule has 0 spiro atoms. The van der Waals surface area contributed by atoms with Gasteiger partial charge in [0.05, 0.1) is 16.5 Å². The Kier molecular flexibility index (Phi) is 6.06. The quantitative estimate of drug-likeness (QED) is 0.703. The van der Waals surface area contributed by atoms with Crippen molar-refractivity contribution in [3.05, 3.63) is 64.2 Å². The standard InChI is InChI=1S/C22H24N2O4S/c1-15-11-16(2)21(17(3)12-15)29(26,27)24-10-4-5-20(24)22(25)28-14-19-8-6-18(13-23)7-9-19/h6-9,11-12,20H,4-5,10,14H2,1-3H3. The van der Waals surface area contributed by atoms with Gasteiger partial charge in [-0.3, -0.25) is 4.79 Å². The molecule has 3 rings (SSSR count). The largest absolute Gasteiger partial charge is 0.460 e. The molecule has 0 radical (unpaired) electrons. The summed E-state index contributed by atoms with van der Waals surface area (Å²) in [6.07, 6.45) is 1.05. The van der Waals surface area contributed by atoms with Crippen LogP contribution >= 0.6 is 0 Å². The minimum absolute atomic E-state index is 0.0392. The van der Waals surface area contributed by atoms with Crippen LogP contribution in [0.3, 0.4) is 0 Å². The highest BCUT2D eigenvalue weighted by Crippen LogP contribution is 2.31. The minimum atomic E-state index is -3.81. The van der Waals surface area contributed by atoms with Crippen molar-refractivity contribution in [2.75, 3.05) is 6.54 Å². The molecule has 1 saturated heterocycles. The molecule has 0 bridgehead atoms. The Hall–Kier alpha value is -2.69. The predicted octanol–water partition coefficient (Wildman–Crippen LogP) is 3.38. The van der Waals surface area contributed by atoms with Crippen molar-refractivity contribution < 1.29 is 17.9 Å². The van der Waals surface area contributed by atoms with Crippen LogP contribution in [0, 0.1) is 32.1 Å². The normalized spacial score (nSPS) is 17.1. The highest BCUT2D eigenvalue weighted by molar-refractivity contribution is 7.89. The Morgan fingerprint density at radius 1 is 1.17 bits per heavy atom. The average molecular weight is 413 g/mol. The number of esters is 1. The Bertz CT molecular complexity index is 1050. The molecule has 29 heavy (non-hydrogen) atoms. The van der Waals surface area contributed by atoms with Gasteiger partial charge in [0, 0.05) is 6.54 Å². The fraction of sp³-hybridized carbons (Fsp3) is 0.364. The van der Waals surface area contributed by atoms with Gasteiger partial charge in [0.2, 0.25) is 10.0 Å². The molecular formula is C22H24N2O4S. The number of nitrogens with zero attached hydrogens (tertiary/aromatic N) is 2. The third-order valence-corrected chi connectivity index (χ3v) is 7.33. The van der Waals surface area contributed by atoms with Gasteiger partial charge in [-0.05, 0) is 62.4 Å². The van der Waals surface area contributed by atoms with Crippen molar-refractivity contribution in [2.45, 2.75) is 51.2 Å². The van der Waals surface area contributed by atoms with E-state index in [1.165, 1.54) is 4.31 Å². The number of aryl methyl sites for hydroxylation is 3. The zero-order valence-corrected chi connectivity index (χ0v) is 17.6. The number of hydrogen-bond acceptors (Lipinski definition) is 5. The molecule has 1 heterocycles. The third-order valence-electron chi connectivity index (χ3n) is 5.11. The van der Waals surface area contributed by atoms with Gasteiger partial charge in [0.25, 0.3) is 0 Å². The molecule has 2 aromatic carbocycles. The van der Waals surface area contributed by atoms with Gasteiger partial charge in [-0.25, -0.2) is 8.42 Å². The van der Waals surface area contributed by atoms with Crippen LogP contribution in [-0.2, 0) is 26.2 Å². The van der Waals surface area contributed by atoms with Crippen LogP contribution in [0.2, 0.25) is 0 Å². The fourth-order valence-corrected chi connectivity index (χ4v) is 5.94. The zero-order valence-electron chi connectivity index (χ0n) is 16.8. The van der Waals surface area contributed by atoms with Gasteiger partial charge in [-0.1, -0.05) is 29.8 Å². The van der Waals surface area contributed by atoms with Crippen molar-refractivity contribution in [3.63, 3.8) is 0 Å². The van der Waals surface area contributed by atoms with Crippen LogP contribution in [-0.4, -0.2) is 31.3 Å². The van der Waals surface area contributed by atoms with E-state index in [9.17, 15) is 13.2 Å². The Balaban J connectivity index is 1.78. The maximum absolute atomic E-state index is 13.3. The number of hydrogen-bond donors (Lipinski definition) is 0. The summed E-state index contributed by atoms with van der Waals surface area (Å²) in [5.74, 6) is -0.544.